The van der Waals surface area contributed by atoms with Crippen LogP contribution in [0.3, 0.4) is 0 Å². The maximum absolute atomic E-state index is 11.8. The van der Waals surface area contributed by atoms with Gasteiger partial charge in [0.15, 0.2) is 0 Å². The largest absolute Gasteiger partial charge is 0.507 e. The first kappa shape index (κ1) is 56.4. The van der Waals surface area contributed by atoms with Crippen molar-refractivity contribution in [1.29, 1.82) is 0 Å². The quantitative estimate of drug-likeness (QED) is 0.0667. The van der Waals surface area contributed by atoms with Crippen LogP contribution in [0.4, 0.5) is 0 Å². The number of rotatable bonds is 38. The van der Waals surface area contributed by atoms with E-state index in [-0.39, 0.29) is 10.8 Å². The average Bonchev–Trinajstić information content (AvgIpc) is 3.22. The van der Waals surface area contributed by atoms with Gasteiger partial charge in [-0.15, -0.1) is 0 Å². The minimum atomic E-state index is -0.125. The van der Waals surface area contributed by atoms with Crippen molar-refractivity contribution in [2.24, 2.45) is 0 Å². The molecule has 0 unspecified atom stereocenters. The topological polar surface area (TPSA) is 20.2 Å². The van der Waals surface area contributed by atoms with Gasteiger partial charge in [-0.3, -0.25) is 0 Å². The van der Waals surface area contributed by atoms with E-state index in [0.717, 1.165) is 17.5 Å². The Morgan fingerprint density at radius 2 is 0.581 bits per heavy atom. The lowest BCUT2D eigenvalue weighted by Gasteiger charge is -2.29. The van der Waals surface area contributed by atoms with Crippen LogP contribution >= 0.6 is 0 Å². The van der Waals surface area contributed by atoms with Crippen LogP contribution in [0.2, 0.25) is 0 Å². The second-order valence-corrected chi connectivity index (χ2v) is 22.2. The van der Waals surface area contributed by atoms with Gasteiger partial charge in [-0.25, -0.2) is 0 Å². The van der Waals surface area contributed by atoms with Crippen molar-refractivity contribution in [3.05, 3.63) is 62.7 Å². The molecule has 0 saturated heterocycles. The molecule has 2 aromatic rings. The van der Waals surface area contributed by atoms with Crippen molar-refractivity contribution < 1.29 is 5.11 Å². The second kappa shape index (κ2) is 33.7. The molecule has 1 heteroatoms. The minimum Gasteiger partial charge on any atom is -0.507 e. The lowest BCUT2D eigenvalue weighted by Crippen LogP contribution is -2.18. The zero-order valence-corrected chi connectivity index (χ0v) is 43.8. The molecular formula is C61H108O. The number of phenols is 1. The minimum absolute atomic E-state index is 0.125. The number of phenolic OH excluding ortho intramolecular Hbond substituents is 1. The molecule has 0 aliphatic heterocycles. The maximum Gasteiger partial charge on any atom is 0.123 e. The van der Waals surface area contributed by atoms with Crippen LogP contribution < -0.4 is 0 Å². The Morgan fingerprint density at radius 3 is 0.855 bits per heavy atom. The number of unbranched alkanes of at least 4 members (excludes halogenated alkanes) is 28. The Balaban J connectivity index is 2.67. The molecule has 0 radical (unpaired) electrons. The van der Waals surface area contributed by atoms with E-state index in [9.17, 15) is 5.11 Å². The molecule has 1 nitrogen and oxygen atoms in total. The number of benzene rings is 2. The first-order valence-corrected chi connectivity index (χ1v) is 27.9. The van der Waals surface area contributed by atoms with Crippen LogP contribution in [0.25, 0.3) is 0 Å². The van der Waals surface area contributed by atoms with Crippen LogP contribution in [0.5, 0.6) is 5.75 Å². The van der Waals surface area contributed by atoms with Gasteiger partial charge in [0.25, 0.3) is 0 Å². The Hall–Kier alpha value is -1.76. The van der Waals surface area contributed by atoms with E-state index < -0.39 is 0 Å². The highest BCUT2D eigenvalue weighted by Gasteiger charge is 2.27. The Bertz CT molecular complexity index is 1300. The molecule has 1 N–H and O–H groups in total. The Morgan fingerprint density at radius 1 is 0.323 bits per heavy atom. The third-order valence-corrected chi connectivity index (χ3v) is 14.2. The van der Waals surface area contributed by atoms with Crippen LogP contribution in [0.1, 0.15) is 319 Å². The monoisotopic (exact) mass is 857 g/mol. The molecule has 0 atom stereocenters. The summed E-state index contributed by atoms with van der Waals surface area (Å²) in [7, 11) is 0. The number of aryl methyl sites for hydroxylation is 2. The van der Waals surface area contributed by atoms with Gasteiger partial charge in [-0.1, -0.05) is 267 Å². The molecular weight excluding hydrogens is 749 g/mol. The van der Waals surface area contributed by atoms with Crippen molar-refractivity contribution in [2.45, 2.75) is 318 Å². The van der Waals surface area contributed by atoms with Crippen LogP contribution in [0, 0.1) is 0 Å². The van der Waals surface area contributed by atoms with Crippen molar-refractivity contribution in [1.82, 2.24) is 0 Å². The zero-order chi connectivity index (χ0) is 45.5. The zero-order valence-electron chi connectivity index (χ0n) is 43.8. The third-order valence-electron chi connectivity index (χ3n) is 14.2. The van der Waals surface area contributed by atoms with E-state index in [4.69, 9.17) is 0 Å². The molecule has 0 amide bonds. The van der Waals surface area contributed by atoms with Gasteiger partial charge < -0.3 is 5.11 Å². The highest BCUT2D eigenvalue weighted by Crippen LogP contribution is 2.41. The molecule has 0 fully saturated rings. The molecule has 0 aromatic heterocycles. The summed E-state index contributed by atoms with van der Waals surface area (Å²) >= 11 is 0. The molecule has 0 saturated carbocycles. The van der Waals surface area contributed by atoms with E-state index in [0.29, 0.717) is 5.75 Å². The normalized spacial score (nSPS) is 12.2. The van der Waals surface area contributed by atoms with Gasteiger partial charge in [0.05, 0.1) is 0 Å². The molecule has 358 valence electrons. The summed E-state index contributed by atoms with van der Waals surface area (Å²) < 4.78 is 0. The van der Waals surface area contributed by atoms with E-state index in [1.807, 2.05) is 0 Å². The summed E-state index contributed by atoms with van der Waals surface area (Å²) in [6.07, 6.45) is 50.1. The highest BCUT2D eigenvalue weighted by molar-refractivity contribution is 5.54. The first-order chi connectivity index (χ1) is 29.9. The van der Waals surface area contributed by atoms with Gasteiger partial charge >= 0.3 is 0 Å². The van der Waals surface area contributed by atoms with Gasteiger partial charge in [0, 0.05) is 0 Å². The van der Waals surface area contributed by atoms with Crippen LogP contribution in [0.15, 0.2) is 18.2 Å². The third kappa shape index (κ3) is 23.4. The second-order valence-electron chi connectivity index (χ2n) is 22.2. The van der Waals surface area contributed by atoms with Gasteiger partial charge in [-0.2, -0.15) is 0 Å². The van der Waals surface area contributed by atoms with Gasteiger partial charge in [0.2, 0.25) is 0 Å². The van der Waals surface area contributed by atoms with Crippen LogP contribution in [-0.4, -0.2) is 5.11 Å². The predicted molar refractivity (Wildman–Crippen MR) is 280 cm³/mol. The van der Waals surface area contributed by atoms with E-state index in [1.54, 1.807) is 27.8 Å². The van der Waals surface area contributed by atoms with Crippen molar-refractivity contribution in [3.8, 4) is 5.75 Å². The smallest absolute Gasteiger partial charge is 0.123 e. The molecule has 0 heterocycles. The molecule has 2 rings (SSSR count). The van der Waals surface area contributed by atoms with Crippen molar-refractivity contribution in [2.75, 3.05) is 0 Å². The Kier molecular flexibility index (Phi) is 30.6. The standard InChI is InChI=1S/C61H108O/c1-11-15-19-23-27-31-35-39-43-52-50-53(44-40-36-32-28-24-20-16-12-2)55(46-42-38-34-30-26-22-18-14-4)56(54(52)45-41-37-33-29-25-21-17-13-3)47-51-48-57(60(5,6)7)59(62)58(49-51)61(8,9)10/h48-50,62H,11-47H2,1-10H3. The fourth-order valence-electron chi connectivity index (χ4n) is 10.2. The van der Waals surface area contributed by atoms with Crippen molar-refractivity contribution in [3.63, 3.8) is 0 Å². The fourth-order valence-corrected chi connectivity index (χ4v) is 10.2. The summed E-state index contributed by atoms with van der Waals surface area (Å²) in [4.78, 5) is 0. The fraction of sp³-hybridized carbons (Fsp3) is 0.803. The molecule has 0 aliphatic rings. The average molecular weight is 858 g/mol. The SMILES string of the molecule is CCCCCCCCCCc1cc(CCCCCCCCCC)c(CCCCCCCCCC)c(Cc2cc(C(C)(C)C)c(O)c(C(C)(C)C)c2)c1CCCCCCCCCC. The summed E-state index contributed by atoms with van der Waals surface area (Å²) in [5.74, 6) is 0.519. The Labute approximate surface area is 389 Å². The highest BCUT2D eigenvalue weighted by atomic mass is 16.3. The summed E-state index contributed by atoms with van der Waals surface area (Å²) in [6, 6.07) is 7.62. The molecule has 2 aromatic carbocycles. The first-order valence-electron chi connectivity index (χ1n) is 27.9. The lowest BCUT2D eigenvalue weighted by molar-refractivity contribution is 0.423. The maximum atomic E-state index is 11.8. The van der Waals surface area contributed by atoms with E-state index >= 15 is 0 Å². The molecule has 62 heavy (non-hydrogen) atoms. The summed E-state index contributed by atoms with van der Waals surface area (Å²) in [5.41, 5.74) is 12.0. The van der Waals surface area contributed by atoms with Crippen LogP contribution in [-0.2, 0) is 42.9 Å². The van der Waals surface area contributed by atoms with Gasteiger partial charge in [0.1, 0.15) is 5.75 Å². The molecule has 0 bridgehead atoms. The lowest BCUT2D eigenvalue weighted by atomic mass is 9.76. The predicted octanol–water partition coefficient (Wildman–Crippen LogP) is 20.3. The molecule has 0 aliphatic carbocycles. The number of hydrogen-bond acceptors (Lipinski definition) is 1. The summed E-state index contributed by atoms with van der Waals surface area (Å²) in [5, 5.41) is 11.8. The number of hydrogen-bond donors (Lipinski definition) is 1. The summed E-state index contributed by atoms with van der Waals surface area (Å²) in [6.45, 7) is 23.0. The number of aromatic hydroxyl groups is 1. The van der Waals surface area contributed by atoms with E-state index in [2.05, 4.69) is 87.4 Å². The van der Waals surface area contributed by atoms with Crippen molar-refractivity contribution >= 4 is 0 Å². The van der Waals surface area contributed by atoms with Gasteiger partial charge in [-0.05, 0) is 113 Å². The molecule has 0 spiro atoms. The van der Waals surface area contributed by atoms with E-state index in [1.165, 1.54) is 237 Å².